The second-order valence-electron chi connectivity index (χ2n) is 4.37. The highest BCUT2D eigenvalue weighted by Crippen LogP contribution is 2.36. The molecule has 22 heavy (non-hydrogen) atoms. The number of primary amides is 1. The maximum Gasteiger partial charge on any atom is 0.221 e. The van der Waals surface area contributed by atoms with Crippen molar-refractivity contribution in [3.05, 3.63) is 44.1 Å². The van der Waals surface area contributed by atoms with E-state index in [1.807, 2.05) is 12.1 Å². The van der Waals surface area contributed by atoms with Crippen molar-refractivity contribution in [2.75, 3.05) is 0 Å². The Labute approximate surface area is 182 Å². The van der Waals surface area contributed by atoms with E-state index in [1.165, 1.54) is 0 Å². The zero-order chi connectivity index (χ0) is 16.4. The molecule has 0 fully saturated rings. The van der Waals surface area contributed by atoms with E-state index in [0.717, 1.165) is 25.6 Å². The molecule has 0 atom stereocenters. The highest BCUT2D eigenvalue weighted by molar-refractivity contribution is 14.1. The first-order valence-corrected chi connectivity index (χ1v) is 10.2. The van der Waals surface area contributed by atoms with Gasteiger partial charge in [0.15, 0.2) is 5.75 Å². The number of rotatable bonds is 4. The summed E-state index contributed by atoms with van der Waals surface area (Å²) >= 11 is 8.48. The van der Waals surface area contributed by atoms with Crippen molar-refractivity contribution < 1.29 is 14.6 Å². The maximum atomic E-state index is 11.0. The van der Waals surface area contributed by atoms with Gasteiger partial charge in [-0.2, -0.15) is 0 Å². The molecule has 2 aromatic rings. The van der Waals surface area contributed by atoms with Gasteiger partial charge in [-0.05, 0) is 120 Å². The molecule has 2 aromatic carbocycles. The number of aromatic hydroxyl groups is 1. The molecule has 4 nitrogen and oxygen atoms in total. The van der Waals surface area contributed by atoms with Crippen molar-refractivity contribution in [3.63, 3.8) is 0 Å². The minimum absolute atomic E-state index is 0.210. The summed E-state index contributed by atoms with van der Waals surface area (Å²) in [5.41, 5.74) is 6.10. The van der Waals surface area contributed by atoms with Gasteiger partial charge in [0, 0.05) is 0 Å². The summed E-state index contributed by atoms with van der Waals surface area (Å²) in [6, 6.07) is 7.33. The molecule has 0 aliphatic carbocycles. The molecule has 0 aliphatic heterocycles. The second-order valence-corrected chi connectivity index (χ2v) is 9.02. The Morgan fingerprint density at radius 2 is 1.50 bits per heavy atom. The van der Waals surface area contributed by atoms with Crippen LogP contribution in [0.4, 0.5) is 0 Å². The highest BCUT2D eigenvalue weighted by Gasteiger charge is 2.13. The minimum atomic E-state index is -0.358. The monoisotopic (exact) mass is 747 g/mol. The average molecular weight is 747 g/mol. The molecule has 2 rings (SSSR count). The molecule has 0 aliphatic rings. The van der Waals surface area contributed by atoms with E-state index in [9.17, 15) is 9.90 Å². The number of phenolic OH excluding ortho intramolecular Hbond substituents is 1. The predicted molar refractivity (Wildman–Crippen MR) is 118 cm³/mol. The lowest BCUT2D eigenvalue weighted by atomic mass is 10.1. The van der Waals surface area contributed by atoms with Gasteiger partial charge in [-0.1, -0.05) is 0 Å². The van der Waals surface area contributed by atoms with Gasteiger partial charge in [-0.15, -0.1) is 0 Å². The zero-order valence-electron chi connectivity index (χ0n) is 10.9. The molecular formula is C14H9I4NO3. The number of hydrogen-bond acceptors (Lipinski definition) is 3. The Kier molecular flexibility index (Phi) is 6.83. The quantitative estimate of drug-likeness (QED) is 0.449. The first-order chi connectivity index (χ1) is 10.3. The molecular weight excluding hydrogens is 738 g/mol. The number of benzene rings is 2. The Morgan fingerprint density at radius 3 is 1.95 bits per heavy atom. The predicted octanol–water partition coefficient (Wildman–Crippen LogP) is 4.63. The van der Waals surface area contributed by atoms with Crippen molar-refractivity contribution in [2.24, 2.45) is 5.73 Å². The standard InChI is InChI=1S/C14H9I4NO3/c15-8-4-7(5-9(16)13(8)21)22-14-10(17)1-6(2-11(14)18)3-12(19)20/h1-2,4-5,21H,3H2,(H2,19,20). The van der Waals surface area contributed by atoms with Gasteiger partial charge in [0.1, 0.15) is 11.5 Å². The average Bonchev–Trinajstić information content (AvgIpc) is 2.39. The smallest absolute Gasteiger partial charge is 0.221 e. The fraction of sp³-hybridized carbons (Fsp3) is 0.0714. The number of hydrogen-bond donors (Lipinski definition) is 2. The van der Waals surface area contributed by atoms with Gasteiger partial charge in [0.2, 0.25) is 5.91 Å². The largest absolute Gasteiger partial charge is 0.506 e. The number of carbonyl (C=O) groups is 1. The Balaban J connectivity index is 2.36. The molecule has 0 saturated carbocycles. The lowest BCUT2D eigenvalue weighted by Gasteiger charge is -2.13. The van der Waals surface area contributed by atoms with Gasteiger partial charge < -0.3 is 15.6 Å². The van der Waals surface area contributed by atoms with E-state index < -0.39 is 0 Å². The fourth-order valence-electron chi connectivity index (χ4n) is 1.73. The first kappa shape index (κ1) is 18.8. The third-order valence-corrected chi connectivity index (χ3v) is 5.89. The maximum absolute atomic E-state index is 11.0. The molecule has 1 amide bonds. The Bertz CT molecular complexity index is 703. The van der Waals surface area contributed by atoms with Gasteiger partial charge in [-0.3, -0.25) is 4.79 Å². The van der Waals surface area contributed by atoms with E-state index >= 15 is 0 Å². The van der Waals surface area contributed by atoms with E-state index in [1.54, 1.807) is 12.1 Å². The van der Waals surface area contributed by atoms with Crippen molar-refractivity contribution in [1.29, 1.82) is 0 Å². The summed E-state index contributed by atoms with van der Waals surface area (Å²) in [7, 11) is 0. The van der Waals surface area contributed by atoms with Crippen LogP contribution in [0.5, 0.6) is 17.2 Å². The lowest BCUT2D eigenvalue weighted by molar-refractivity contribution is -0.117. The molecule has 3 N–H and O–H groups in total. The number of ether oxygens (including phenoxy) is 1. The van der Waals surface area contributed by atoms with Crippen LogP contribution in [0, 0.1) is 14.3 Å². The van der Waals surface area contributed by atoms with Crippen LogP contribution in [0.3, 0.4) is 0 Å². The molecule has 0 radical (unpaired) electrons. The molecule has 0 saturated heterocycles. The number of phenols is 1. The lowest BCUT2D eigenvalue weighted by Crippen LogP contribution is -2.13. The summed E-state index contributed by atoms with van der Waals surface area (Å²) in [4.78, 5) is 11.0. The van der Waals surface area contributed by atoms with Gasteiger partial charge in [0.25, 0.3) is 0 Å². The molecule has 116 valence electrons. The van der Waals surface area contributed by atoms with Crippen molar-refractivity contribution >= 4 is 96.3 Å². The summed E-state index contributed by atoms with van der Waals surface area (Å²) < 4.78 is 9.23. The van der Waals surface area contributed by atoms with Crippen LogP contribution in [0.25, 0.3) is 0 Å². The third kappa shape index (κ3) is 4.72. The van der Waals surface area contributed by atoms with E-state index in [-0.39, 0.29) is 18.1 Å². The molecule has 8 heteroatoms. The number of amides is 1. The van der Waals surface area contributed by atoms with Gasteiger partial charge in [0.05, 0.1) is 20.7 Å². The molecule has 0 unspecified atom stereocenters. The number of halogens is 4. The fourth-order valence-corrected chi connectivity index (χ4v) is 5.56. The van der Waals surface area contributed by atoms with Gasteiger partial charge in [-0.25, -0.2) is 0 Å². The van der Waals surface area contributed by atoms with Crippen molar-refractivity contribution in [2.45, 2.75) is 6.42 Å². The van der Waals surface area contributed by atoms with Crippen LogP contribution in [0.1, 0.15) is 5.56 Å². The minimum Gasteiger partial charge on any atom is -0.506 e. The topological polar surface area (TPSA) is 72.6 Å². The summed E-state index contributed by atoms with van der Waals surface area (Å²) in [6.07, 6.45) is 0.210. The van der Waals surface area contributed by atoms with E-state index in [2.05, 4.69) is 90.4 Å². The number of carbonyl (C=O) groups excluding carboxylic acids is 1. The highest BCUT2D eigenvalue weighted by atomic mass is 127. The van der Waals surface area contributed by atoms with E-state index in [0.29, 0.717) is 5.75 Å². The van der Waals surface area contributed by atoms with E-state index in [4.69, 9.17) is 10.5 Å². The zero-order valence-corrected chi connectivity index (χ0v) is 19.5. The molecule has 0 aromatic heterocycles. The van der Waals surface area contributed by atoms with Crippen LogP contribution in [-0.4, -0.2) is 11.0 Å². The normalized spacial score (nSPS) is 10.5. The molecule has 0 heterocycles. The van der Waals surface area contributed by atoms with Crippen LogP contribution >= 0.6 is 90.4 Å². The SMILES string of the molecule is NC(=O)Cc1cc(I)c(Oc2cc(I)c(O)c(I)c2)c(I)c1. The van der Waals surface area contributed by atoms with Crippen LogP contribution in [-0.2, 0) is 11.2 Å². The second kappa shape index (κ2) is 8.00. The molecule has 0 bridgehead atoms. The summed E-state index contributed by atoms with van der Waals surface area (Å²) in [5.74, 6) is 1.29. The van der Waals surface area contributed by atoms with Crippen LogP contribution in [0.15, 0.2) is 24.3 Å². The summed E-state index contributed by atoms with van der Waals surface area (Å²) in [5, 5.41) is 9.81. The molecule has 0 spiro atoms. The van der Waals surface area contributed by atoms with Crippen molar-refractivity contribution in [1.82, 2.24) is 0 Å². The van der Waals surface area contributed by atoms with Crippen molar-refractivity contribution in [3.8, 4) is 17.2 Å². The van der Waals surface area contributed by atoms with Crippen LogP contribution in [0.2, 0.25) is 0 Å². The first-order valence-electron chi connectivity index (χ1n) is 5.90. The Morgan fingerprint density at radius 1 is 1.00 bits per heavy atom. The number of nitrogens with two attached hydrogens (primary N) is 1. The van der Waals surface area contributed by atoms with Gasteiger partial charge >= 0.3 is 0 Å². The summed E-state index contributed by atoms with van der Waals surface area (Å²) in [6.45, 7) is 0. The van der Waals surface area contributed by atoms with Crippen LogP contribution < -0.4 is 10.5 Å². The third-order valence-electron chi connectivity index (χ3n) is 2.65. The Hall–Kier alpha value is 0.430.